The zero-order valence-electron chi connectivity index (χ0n) is 11.4. The van der Waals surface area contributed by atoms with Gasteiger partial charge >= 0.3 is 0 Å². The van der Waals surface area contributed by atoms with Crippen molar-refractivity contribution in [1.82, 2.24) is 20.3 Å². The predicted molar refractivity (Wildman–Crippen MR) is 75.3 cm³/mol. The molecule has 106 valence electrons. The highest BCUT2D eigenvalue weighted by Gasteiger charge is 2.30. The van der Waals surface area contributed by atoms with Crippen molar-refractivity contribution in [2.45, 2.75) is 32.0 Å². The van der Waals surface area contributed by atoms with Gasteiger partial charge in [0.2, 0.25) is 5.95 Å². The molecule has 0 spiro atoms. The number of H-pyrrole nitrogens is 1. The minimum atomic E-state index is -0.263. The first-order chi connectivity index (χ1) is 9.56. The topological polar surface area (TPSA) is 106 Å². The molecule has 0 amide bonds. The summed E-state index contributed by atoms with van der Waals surface area (Å²) in [6, 6.07) is 2.00. The molecule has 1 saturated heterocycles. The maximum absolute atomic E-state index is 11.9. The van der Waals surface area contributed by atoms with Crippen molar-refractivity contribution in [3.8, 4) is 0 Å². The minimum Gasteiger partial charge on any atom is -0.369 e. The van der Waals surface area contributed by atoms with Crippen LogP contribution in [0, 0.1) is 0 Å². The third-order valence-electron chi connectivity index (χ3n) is 3.47. The molecule has 2 aromatic rings. The number of fused-ring (bicyclic) bond motifs is 1. The lowest BCUT2D eigenvalue weighted by Crippen LogP contribution is -2.47. The highest BCUT2D eigenvalue weighted by Crippen LogP contribution is 2.27. The standard InChI is InChI=1S/C13H17N5O2/c1-6-5-20-11(7(2)16-6)10-9-8(3-4-15-10)12(19)18-13(14)17-9/h3-4,6-7,11,16H,5H2,1-2H3,(H3,14,17,18,19)/t6-,7+,11?/m1/s1. The lowest BCUT2D eigenvalue weighted by atomic mass is 10.0. The monoisotopic (exact) mass is 275 g/mol. The van der Waals surface area contributed by atoms with Gasteiger partial charge in [-0.1, -0.05) is 0 Å². The molecule has 0 aromatic carbocycles. The molecule has 0 bridgehead atoms. The smallest absolute Gasteiger partial charge is 0.260 e. The summed E-state index contributed by atoms with van der Waals surface area (Å²) >= 11 is 0. The molecule has 7 heteroatoms. The molecule has 3 rings (SSSR count). The first kappa shape index (κ1) is 13.0. The molecule has 7 nitrogen and oxygen atoms in total. The number of nitrogens with two attached hydrogens (primary N) is 1. The van der Waals surface area contributed by atoms with Gasteiger partial charge in [-0.3, -0.25) is 14.8 Å². The number of nitrogens with zero attached hydrogens (tertiary/aromatic N) is 2. The second-order valence-corrected chi connectivity index (χ2v) is 5.15. The Balaban J connectivity index is 2.14. The first-order valence-electron chi connectivity index (χ1n) is 6.58. The Labute approximate surface area is 115 Å². The van der Waals surface area contributed by atoms with E-state index in [0.717, 1.165) is 0 Å². The van der Waals surface area contributed by atoms with Gasteiger partial charge in [-0.05, 0) is 19.9 Å². The van der Waals surface area contributed by atoms with Crippen molar-refractivity contribution in [1.29, 1.82) is 0 Å². The summed E-state index contributed by atoms with van der Waals surface area (Å²) in [4.78, 5) is 23.0. The molecular weight excluding hydrogens is 258 g/mol. The average Bonchev–Trinajstić information content (AvgIpc) is 2.38. The normalized spacial score (nSPS) is 26.8. The van der Waals surface area contributed by atoms with Crippen molar-refractivity contribution < 1.29 is 4.74 Å². The summed E-state index contributed by atoms with van der Waals surface area (Å²) in [7, 11) is 0. The third-order valence-corrected chi connectivity index (χ3v) is 3.47. The second-order valence-electron chi connectivity index (χ2n) is 5.15. The summed E-state index contributed by atoms with van der Waals surface area (Å²) in [5.41, 5.74) is 6.51. The van der Waals surface area contributed by atoms with Crippen LogP contribution < -0.4 is 16.6 Å². The third kappa shape index (κ3) is 2.14. The summed E-state index contributed by atoms with van der Waals surface area (Å²) in [6.45, 7) is 4.67. The Kier molecular flexibility index (Phi) is 3.15. The predicted octanol–water partition coefficient (Wildman–Crippen LogP) is 0.338. The molecule has 4 N–H and O–H groups in total. The van der Waals surface area contributed by atoms with Gasteiger partial charge in [0.25, 0.3) is 5.56 Å². The van der Waals surface area contributed by atoms with Gasteiger partial charge in [-0.25, -0.2) is 4.98 Å². The van der Waals surface area contributed by atoms with E-state index in [-0.39, 0.29) is 29.7 Å². The van der Waals surface area contributed by atoms with Crippen LogP contribution in [0.25, 0.3) is 10.9 Å². The maximum Gasteiger partial charge on any atom is 0.260 e. The Bertz CT molecular complexity index is 699. The van der Waals surface area contributed by atoms with E-state index in [9.17, 15) is 4.79 Å². The van der Waals surface area contributed by atoms with Crippen LogP contribution in [0.4, 0.5) is 5.95 Å². The Hall–Kier alpha value is -1.99. The van der Waals surface area contributed by atoms with E-state index in [0.29, 0.717) is 23.2 Å². The van der Waals surface area contributed by atoms with Crippen LogP contribution in [-0.2, 0) is 4.74 Å². The van der Waals surface area contributed by atoms with Crippen LogP contribution in [0.1, 0.15) is 25.6 Å². The molecular formula is C13H17N5O2. The highest BCUT2D eigenvalue weighted by molar-refractivity contribution is 5.80. The molecule has 2 aromatic heterocycles. The Morgan fingerprint density at radius 3 is 3.00 bits per heavy atom. The van der Waals surface area contributed by atoms with E-state index in [1.165, 1.54) is 0 Å². The number of anilines is 1. The molecule has 1 aliphatic heterocycles. The van der Waals surface area contributed by atoms with E-state index in [4.69, 9.17) is 10.5 Å². The quantitative estimate of drug-likeness (QED) is 0.693. The fourth-order valence-corrected chi connectivity index (χ4v) is 2.60. The van der Waals surface area contributed by atoms with Crippen molar-refractivity contribution >= 4 is 16.9 Å². The molecule has 0 saturated carbocycles. The van der Waals surface area contributed by atoms with Gasteiger partial charge in [-0.15, -0.1) is 0 Å². The SMILES string of the molecule is C[C@@H]1COC(c2nccc3c(=O)[nH]c(N)nc23)[C@H](C)N1. The zero-order chi connectivity index (χ0) is 14.3. The van der Waals surface area contributed by atoms with Gasteiger partial charge in [0, 0.05) is 18.3 Å². The van der Waals surface area contributed by atoms with Crippen LogP contribution in [0.5, 0.6) is 0 Å². The van der Waals surface area contributed by atoms with Crippen LogP contribution in [0.3, 0.4) is 0 Å². The van der Waals surface area contributed by atoms with E-state index < -0.39 is 0 Å². The summed E-state index contributed by atoms with van der Waals surface area (Å²) in [5, 5.41) is 3.88. The van der Waals surface area contributed by atoms with E-state index in [1.54, 1.807) is 12.3 Å². The van der Waals surface area contributed by atoms with Gasteiger partial charge in [0.05, 0.1) is 17.7 Å². The average molecular weight is 275 g/mol. The number of ether oxygens (including phenoxy) is 1. The fourth-order valence-electron chi connectivity index (χ4n) is 2.60. The lowest BCUT2D eigenvalue weighted by molar-refractivity contribution is -0.0222. The van der Waals surface area contributed by atoms with E-state index in [1.807, 2.05) is 6.92 Å². The van der Waals surface area contributed by atoms with Gasteiger partial charge in [0.15, 0.2) is 0 Å². The van der Waals surface area contributed by atoms with Crippen LogP contribution in [0.15, 0.2) is 17.1 Å². The maximum atomic E-state index is 11.9. The van der Waals surface area contributed by atoms with Crippen LogP contribution >= 0.6 is 0 Å². The van der Waals surface area contributed by atoms with Gasteiger partial charge in [-0.2, -0.15) is 0 Å². The molecule has 3 heterocycles. The minimum absolute atomic E-state index is 0.0826. The number of rotatable bonds is 1. The van der Waals surface area contributed by atoms with E-state index in [2.05, 4.69) is 27.2 Å². The molecule has 20 heavy (non-hydrogen) atoms. The number of pyridine rings is 1. The number of nitrogen functional groups attached to an aromatic ring is 1. The van der Waals surface area contributed by atoms with Crippen LogP contribution in [-0.4, -0.2) is 33.6 Å². The summed E-state index contributed by atoms with van der Waals surface area (Å²) in [5.74, 6) is 0.0848. The highest BCUT2D eigenvalue weighted by atomic mass is 16.5. The van der Waals surface area contributed by atoms with E-state index >= 15 is 0 Å². The largest absolute Gasteiger partial charge is 0.369 e. The molecule has 3 atom stereocenters. The van der Waals surface area contributed by atoms with Crippen molar-refractivity contribution in [3.05, 3.63) is 28.3 Å². The Morgan fingerprint density at radius 2 is 2.25 bits per heavy atom. The molecule has 1 aliphatic rings. The van der Waals surface area contributed by atoms with Crippen molar-refractivity contribution in [3.63, 3.8) is 0 Å². The molecule has 1 fully saturated rings. The van der Waals surface area contributed by atoms with Crippen molar-refractivity contribution in [2.75, 3.05) is 12.3 Å². The van der Waals surface area contributed by atoms with Gasteiger partial charge in [0.1, 0.15) is 11.6 Å². The van der Waals surface area contributed by atoms with Gasteiger partial charge < -0.3 is 15.8 Å². The number of hydrogen-bond acceptors (Lipinski definition) is 6. The zero-order valence-corrected chi connectivity index (χ0v) is 11.4. The lowest BCUT2D eigenvalue weighted by Gasteiger charge is -2.34. The van der Waals surface area contributed by atoms with Crippen LogP contribution in [0.2, 0.25) is 0 Å². The molecule has 1 unspecified atom stereocenters. The number of aromatic amines is 1. The Morgan fingerprint density at radius 1 is 1.45 bits per heavy atom. The van der Waals surface area contributed by atoms with Crippen molar-refractivity contribution in [2.24, 2.45) is 0 Å². The molecule has 0 radical (unpaired) electrons. The summed E-state index contributed by atoms with van der Waals surface area (Å²) < 4.78 is 5.86. The summed E-state index contributed by atoms with van der Waals surface area (Å²) in [6.07, 6.45) is 1.35. The first-order valence-corrected chi connectivity index (χ1v) is 6.58. The fraction of sp³-hybridized carbons (Fsp3) is 0.462. The number of hydrogen-bond donors (Lipinski definition) is 3. The number of morpholine rings is 1. The molecule has 0 aliphatic carbocycles. The number of nitrogens with one attached hydrogen (secondary N) is 2. The number of aromatic nitrogens is 3. The second kappa shape index (κ2) is 4.84.